The Bertz CT molecular complexity index is 482. The number of ether oxygens (including phenoxy) is 1. The first-order valence-electron chi connectivity index (χ1n) is 7.56. The van der Waals surface area contributed by atoms with Crippen LogP contribution in [0, 0.1) is 5.82 Å². The van der Waals surface area contributed by atoms with Crippen molar-refractivity contribution in [1.82, 2.24) is 0 Å². The molecule has 1 aliphatic carbocycles. The molecule has 3 N–H and O–H groups in total. The Morgan fingerprint density at radius 2 is 2.05 bits per heavy atom. The Kier molecular flexibility index (Phi) is 5.62. The van der Waals surface area contributed by atoms with Gasteiger partial charge in [0.05, 0.1) is 17.5 Å². The lowest BCUT2D eigenvalue weighted by atomic mass is 9.94. The molecule has 0 spiro atoms. The molecule has 1 fully saturated rings. The molecule has 3 nitrogen and oxygen atoms in total. The molecule has 2 rings (SSSR count). The average molecular weight is 312 g/mol. The Balaban J connectivity index is 2.18. The van der Waals surface area contributed by atoms with Crippen molar-refractivity contribution in [3.05, 3.63) is 17.9 Å². The zero-order valence-corrected chi connectivity index (χ0v) is 13.8. The molecule has 0 saturated heterocycles. The van der Waals surface area contributed by atoms with Crippen LogP contribution in [0.4, 0.5) is 15.8 Å². The van der Waals surface area contributed by atoms with Crippen LogP contribution in [0.2, 0.25) is 0 Å². The summed E-state index contributed by atoms with van der Waals surface area (Å²) in [6.45, 7) is 3.77. The highest BCUT2D eigenvalue weighted by Crippen LogP contribution is 2.34. The van der Waals surface area contributed by atoms with E-state index < -0.39 is 5.82 Å². The fourth-order valence-electron chi connectivity index (χ4n) is 2.78. The van der Waals surface area contributed by atoms with Gasteiger partial charge in [-0.2, -0.15) is 11.8 Å². The average Bonchev–Trinajstić information content (AvgIpc) is 2.44. The number of thioether (sulfide) groups is 1. The van der Waals surface area contributed by atoms with E-state index in [1.807, 2.05) is 25.6 Å². The van der Waals surface area contributed by atoms with Gasteiger partial charge < -0.3 is 15.8 Å². The van der Waals surface area contributed by atoms with E-state index in [-0.39, 0.29) is 11.9 Å². The standard InChI is InChI=1S/C16H25FN2OS/c1-10(2)20-15-9-14(12(18)8-11(15)17)19-13-6-4-5-7-16(13)21-3/h8-10,13,16,19H,4-7,18H2,1-3H3. The van der Waals surface area contributed by atoms with Crippen LogP contribution in [0.15, 0.2) is 12.1 Å². The fourth-order valence-corrected chi connectivity index (χ4v) is 3.72. The van der Waals surface area contributed by atoms with Crippen LogP contribution in [0.5, 0.6) is 5.75 Å². The number of nitrogens with two attached hydrogens (primary N) is 1. The van der Waals surface area contributed by atoms with Gasteiger partial charge in [-0.05, 0) is 32.9 Å². The van der Waals surface area contributed by atoms with Crippen molar-refractivity contribution in [3.8, 4) is 5.75 Å². The number of anilines is 2. The maximum absolute atomic E-state index is 13.9. The van der Waals surface area contributed by atoms with E-state index in [1.54, 1.807) is 6.07 Å². The van der Waals surface area contributed by atoms with Crippen molar-refractivity contribution < 1.29 is 9.13 Å². The van der Waals surface area contributed by atoms with Gasteiger partial charge in [-0.15, -0.1) is 0 Å². The Hall–Kier alpha value is -1.10. The summed E-state index contributed by atoms with van der Waals surface area (Å²) in [7, 11) is 0. The maximum atomic E-state index is 13.9. The number of hydrogen-bond acceptors (Lipinski definition) is 4. The molecule has 0 bridgehead atoms. The maximum Gasteiger partial charge on any atom is 0.167 e. The second-order valence-electron chi connectivity index (χ2n) is 5.85. The number of halogens is 1. The highest BCUT2D eigenvalue weighted by Gasteiger charge is 2.25. The fraction of sp³-hybridized carbons (Fsp3) is 0.625. The monoisotopic (exact) mass is 312 g/mol. The minimum atomic E-state index is -0.406. The first-order valence-corrected chi connectivity index (χ1v) is 8.85. The zero-order chi connectivity index (χ0) is 15.4. The summed E-state index contributed by atoms with van der Waals surface area (Å²) in [6, 6.07) is 3.42. The smallest absolute Gasteiger partial charge is 0.167 e. The topological polar surface area (TPSA) is 47.3 Å². The lowest BCUT2D eigenvalue weighted by Crippen LogP contribution is -2.34. The third-order valence-electron chi connectivity index (χ3n) is 3.81. The second kappa shape index (κ2) is 7.25. The normalized spacial score (nSPS) is 22.3. The summed E-state index contributed by atoms with van der Waals surface area (Å²) >= 11 is 1.89. The predicted molar refractivity (Wildman–Crippen MR) is 89.8 cm³/mol. The van der Waals surface area contributed by atoms with Crippen LogP contribution in [-0.4, -0.2) is 23.7 Å². The van der Waals surface area contributed by atoms with Gasteiger partial charge >= 0.3 is 0 Å². The van der Waals surface area contributed by atoms with E-state index >= 15 is 0 Å². The summed E-state index contributed by atoms with van der Waals surface area (Å²) in [5, 5.41) is 4.08. The minimum Gasteiger partial charge on any atom is -0.488 e. The Morgan fingerprint density at radius 1 is 1.33 bits per heavy atom. The highest BCUT2D eigenvalue weighted by molar-refractivity contribution is 7.99. The van der Waals surface area contributed by atoms with Crippen molar-refractivity contribution in [2.75, 3.05) is 17.3 Å². The Labute approximate surface area is 130 Å². The first-order chi connectivity index (χ1) is 10.0. The molecule has 2 unspecified atom stereocenters. The predicted octanol–water partition coefficient (Wildman–Crippen LogP) is 4.28. The third-order valence-corrected chi connectivity index (χ3v) is 4.98. The molecule has 1 aliphatic rings. The quantitative estimate of drug-likeness (QED) is 0.797. The van der Waals surface area contributed by atoms with Crippen molar-refractivity contribution in [2.45, 2.75) is 56.9 Å². The van der Waals surface area contributed by atoms with Crippen molar-refractivity contribution in [3.63, 3.8) is 0 Å². The third kappa shape index (κ3) is 4.19. The van der Waals surface area contributed by atoms with Gasteiger partial charge in [0, 0.05) is 23.4 Å². The van der Waals surface area contributed by atoms with E-state index in [9.17, 15) is 4.39 Å². The number of rotatable bonds is 5. The largest absolute Gasteiger partial charge is 0.488 e. The Morgan fingerprint density at radius 3 is 2.71 bits per heavy atom. The SMILES string of the molecule is CSC1CCCCC1Nc1cc(OC(C)C)c(F)cc1N. The summed E-state index contributed by atoms with van der Waals surface area (Å²) in [5.74, 6) is -0.143. The molecule has 118 valence electrons. The van der Waals surface area contributed by atoms with Gasteiger partial charge in [0.25, 0.3) is 0 Å². The molecule has 5 heteroatoms. The van der Waals surface area contributed by atoms with Crippen LogP contribution in [0.1, 0.15) is 39.5 Å². The van der Waals surface area contributed by atoms with Crippen LogP contribution in [-0.2, 0) is 0 Å². The van der Waals surface area contributed by atoms with E-state index in [1.165, 1.54) is 25.3 Å². The minimum absolute atomic E-state index is 0.0652. The summed E-state index contributed by atoms with van der Waals surface area (Å²) < 4.78 is 19.4. The van der Waals surface area contributed by atoms with Crippen LogP contribution in [0.3, 0.4) is 0 Å². The molecule has 0 radical (unpaired) electrons. The molecule has 2 atom stereocenters. The van der Waals surface area contributed by atoms with Crippen molar-refractivity contribution in [2.24, 2.45) is 0 Å². The van der Waals surface area contributed by atoms with Gasteiger partial charge in [-0.25, -0.2) is 4.39 Å². The molecule has 0 aliphatic heterocycles. The lowest BCUT2D eigenvalue weighted by molar-refractivity contribution is 0.231. The van der Waals surface area contributed by atoms with Crippen LogP contribution < -0.4 is 15.8 Å². The highest BCUT2D eigenvalue weighted by atomic mass is 32.2. The number of hydrogen-bond donors (Lipinski definition) is 2. The summed E-state index contributed by atoms with van der Waals surface area (Å²) in [6.07, 6.45) is 6.93. The molecule has 21 heavy (non-hydrogen) atoms. The summed E-state index contributed by atoms with van der Waals surface area (Å²) in [5.41, 5.74) is 7.18. The first kappa shape index (κ1) is 16.3. The number of nitrogen functional groups attached to an aromatic ring is 1. The van der Waals surface area contributed by atoms with E-state index in [0.29, 0.717) is 17.0 Å². The molecule has 0 heterocycles. The van der Waals surface area contributed by atoms with Gasteiger partial charge in [0.2, 0.25) is 0 Å². The van der Waals surface area contributed by atoms with E-state index in [0.717, 1.165) is 12.1 Å². The van der Waals surface area contributed by atoms with Gasteiger partial charge in [0.15, 0.2) is 11.6 Å². The van der Waals surface area contributed by atoms with Gasteiger partial charge in [0.1, 0.15) is 0 Å². The molecule has 0 amide bonds. The molecule has 1 aromatic carbocycles. The molecule has 0 aromatic heterocycles. The number of benzene rings is 1. The zero-order valence-electron chi connectivity index (χ0n) is 13.0. The van der Waals surface area contributed by atoms with Gasteiger partial charge in [-0.3, -0.25) is 0 Å². The molecular formula is C16H25FN2OS. The molecule has 1 saturated carbocycles. The van der Waals surface area contributed by atoms with Crippen molar-refractivity contribution in [1.29, 1.82) is 0 Å². The lowest BCUT2D eigenvalue weighted by Gasteiger charge is -2.32. The van der Waals surface area contributed by atoms with E-state index in [4.69, 9.17) is 10.5 Å². The van der Waals surface area contributed by atoms with Crippen LogP contribution >= 0.6 is 11.8 Å². The van der Waals surface area contributed by atoms with Gasteiger partial charge in [-0.1, -0.05) is 12.8 Å². The van der Waals surface area contributed by atoms with Crippen LogP contribution in [0.25, 0.3) is 0 Å². The van der Waals surface area contributed by atoms with E-state index in [2.05, 4.69) is 11.6 Å². The van der Waals surface area contributed by atoms with Crippen molar-refractivity contribution >= 4 is 23.1 Å². The number of nitrogens with one attached hydrogen (secondary N) is 1. The molecular weight excluding hydrogens is 287 g/mol. The summed E-state index contributed by atoms with van der Waals surface area (Å²) in [4.78, 5) is 0. The second-order valence-corrected chi connectivity index (χ2v) is 6.92. The molecule has 1 aromatic rings.